The molecule has 0 fully saturated rings. The van der Waals surface area contributed by atoms with Crippen molar-refractivity contribution in [2.24, 2.45) is 5.14 Å². The number of halogens is 2. The molecule has 0 aromatic heterocycles. The van der Waals surface area contributed by atoms with Gasteiger partial charge in [0.1, 0.15) is 11.6 Å². The van der Waals surface area contributed by atoms with Crippen LogP contribution in [0, 0.1) is 11.6 Å². The van der Waals surface area contributed by atoms with Gasteiger partial charge in [-0.05, 0) is 58.7 Å². The van der Waals surface area contributed by atoms with Gasteiger partial charge in [-0.25, -0.2) is 22.3 Å². The van der Waals surface area contributed by atoms with E-state index in [0.717, 1.165) is 6.07 Å². The van der Waals surface area contributed by atoms with Gasteiger partial charge in [-0.2, -0.15) is 0 Å². The second-order valence-corrected chi connectivity index (χ2v) is 7.54. The minimum atomic E-state index is -3.83. The van der Waals surface area contributed by atoms with E-state index in [1.165, 1.54) is 24.3 Å². The normalized spacial score (nSPS) is 13.0. The Morgan fingerprint density at radius 1 is 0.778 bits per heavy atom. The molecule has 0 bridgehead atoms. The molecule has 0 saturated heterocycles. The van der Waals surface area contributed by atoms with Crippen molar-refractivity contribution in [3.63, 3.8) is 0 Å². The van der Waals surface area contributed by atoms with Gasteiger partial charge in [-0.15, -0.1) is 0 Å². The molecule has 2 N–H and O–H groups in total. The maximum absolute atomic E-state index is 13.7. The number of benzene rings is 3. The number of hydrogen-bond acceptors (Lipinski definition) is 4. The van der Waals surface area contributed by atoms with E-state index < -0.39 is 21.7 Å². The molecule has 138 valence electrons. The molecule has 3 aromatic rings. The first kappa shape index (κ1) is 17.4. The lowest BCUT2D eigenvalue weighted by molar-refractivity contribution is 0.174. The lowest BCUT2D eigenvalue weighted by atomic mass is 9.94. The van der Waals surface area contributed by atoms with Gasteiger partial charge in [-0.3, -0.25) is 0 Å². The molecule has 0 amide bonds. The van der Waals surface area contributed by atoms with Gasteiger partial charge in [0.15, 0.2) is 11.5 Å². The van der Waals surface area contributed by atoms with Gasteiger partial charge >= 0.3 is 0 Å². The Hall–Kier alpha value is -2.97. The van der Waals surface area contributed by atoms with E-state index >= 15 is 0 Å². The second-order valence-electron chi connectivity index (χ2n) is 5.98. The first-order valence-electron chi connectivity index (χ1n) is 7.84. The number of nitrogens with two attached hydrogens (primary N) is 1. The Labute approximate surface area is 154 Å². The van der Waals surface area contributed by atoms with E-state index in [-0.39, 0.29) is 11.7 Å². The van der Waals surface area contributed by atoms with Crippen LogP contribution in [0.3, 0.4) is 0 Å². The Morgan fingerprint density at radius 2 is 1.30 bits per heavy atom. The van der Waals surface area contributed by atoms with Crippen LogP contribution in [-0.2, 0) is 10.0 Å². The zero-order valence-electron chi connectivity index (χ0n) is 13.8. The summed E-state index contributed by atoms with van der Waals surface area (Å²) in [6.07, 6.45) is 0. The fraction of sp³-hybridized carbons (Fsp3) is 0.0526. The number of sulfonamides is 1. The highest BCUT2D eigenvalue weighted by atomic mass is 32.2. The zero-order chi connectivity index (χ0) is 19.2. The Morgan fingerprint density at radius 3 is 1.81 bits per heavy atom. The minimum Gasteiger partial charge on any atom is -0.454 e. The topological polar surface area (TPSA) is 78.6 Å². The lowest BCUT2D eigenvalue weighted by Crippen LogP contribution is -2.11. The number of primary sulfonamides is 1. The number of ether oxygens (including phenoxy) is 2. The van der Waals surface area contributed by atoms with Crippen LogP contribution in [0.5, 0.6) is 11.5 Å². The smallest absolute Gasteiger partial charge is 0.238 e. The second kappa shape index (κ2) is 6.33. The molecule has 5 nitrogen and oxygen atoms in total. The van der Waals surface area contributed by atoms with Crippen molar-refractivity contribution in [1.29, 1.82) is 0 Å². The van der Waals surface area contributed by atoms with Crippen molar-refractivity contribution < 1.29 is 26.7 Å². The van der Waals surface area contributed by atoms with E-state index in [9.17, 15) is 17.2 Å². The van der Waals surface area contributed by atoms with Crippen LogP contribution in [0.15, 0.2) is 59.5 Å². The Balaban J connectivity index is 1.91. The van der Waals surface area contributed by atoms with Crippen LogP contribution in [0.25, 0.3) is 22.3 Å². The molecule has 0 aliphatic carbocycles. The predicted octanol–water partition coefficient (Wildman–Crippen LogP) is 3.67. The van der Waals surface area contributed by atoms with Crippen molar-refractivity contribution >= 4 is 10.0 Å². The van der Waals surface area contributed by atoms with E-state index in [1.807, 2.05) is 0 Å². The molecule has 0 radical (unpaired) electrons. The van der Waals surface area contributed by atoms with Crippen LogP contribution < -0.4 is 14.6 Å². The van der Waals surface area contributed by atoms with Gasteiger partial charge in [0.25, 0.3) is 0 Å². The summed E-state index contributed by atoms with van der Waals surface area (Å²) >= 11 is 0. The SMILES string of the molecule is NS(=O)(=O)c1ccc(-c2cc3c(cc2-c2cc(F)cc(F)c2)OCO3)cc1. The molecule has 0 spiro atoms. The molecule has 1 aliphatic rings. The first-order chi connectivity index (χ1) is 12.8. The average Bonchev–Trinajstić information content (AvgIpc) is 3.06. The molecule has 0 atom stereocenters. The van der Waals surface area contributed by atoms with E-state index in [0.29, 0.717) is 33.8 Å². The number of rotatable bonds is 3. The van der Waals surface area contributed by atoms with E-state index in [1.54, 1.807) is 24.3 Å². The van der Waals surface area contributed by atoms with Gasteiger partial charge in [0, 0.05) is 6.07 Å². The highest BCUT2D eigenvalue weighted by Gasteiger charge is 2.20. The Kier molecular flexibility index (Phi) is 4.09. The van der Waals surface area contributed by atoms with Gasteiger partial charge in [-0.1, -0.05) is 12.1 Å². The molecular formula is C19H13F2NO4S. The third kappa shape index (κ3) is 3.36. The predicted molar refractivity (Wildman–Crippen MR) is 94.7 cm³/mol. The monoisotopic (exact) mass is 389 g/mol. The Bertz CT molecular complexity index is 1120. The summed E-state index contributed by atoms with van der Waals surface area (Å²) in [5.74, 6) is -0.475. The van der Waals surface area contributed by atoms with Crippen LogP contribution in [0.4, 0.5) is 8.78 Å². The molecule has 0 saturated carbocycles. The van der Waals surface area contributed by atoms with Crippen molar-refractivity contribution in [3.05, 3.63) is 66.2 Å². The summed E-state index contributed by atoms with van der Waals surface area (Å²) in [7, 11) is -3.83. The first-order valence-corrected chi connectivity index (χ1v) is 9.39. The summed E-state index contributed by atoms with van der Waals surface area (Å²) in [4.78, 5) is -0.0367. The molecule has 1 aliphatic heterocycles. The molecule has 0 unspecified atom stereocenters. The standard InChI is InChI=1S/C19H13F2NO4S/c20-13-5-12(6-14(21)7-13)17-9-19-18(25-10-26-19)8-16(17)11-1-3-15(4-2-11)27(22,23)24/h1-9H,10H2,(H2,22,23,24). The van der Waals surface area contributed by atoms with Gasteiger partial charge in [0.2, 0.25) is 16.8 Å². The quantitative estimate of drug-likeness (QED) is 0.741. The molecule has 27 heavy (non-hydrogen) atoms. The maximum atomic E-state index is 13.7. The van der Waals surface area contributed by atoms with Crippen LogP contribution in [0.2, 0.25) is 0 Å². The lowest BCUT2D eigenvalue weighted by Gasteiger charge is -2.13. The fourth-order valence-corrected chi connectivity index (χ4v) is 3.47. The largest absolute Gasteiger partial charge is 0.454 e. The summed E-state index contributed by atoms with van der Waals surface area (Å²) in [5.41, 5.74) is 2.06. The molecule has 3 aromatic carbocycles. The summed E-state index contributed by atoms with van der Waals surface area (Å²) < 4.78 is 61.1. The van der Waals surface area contributed by atoms with E-state index in [2.05, 4.69) is 0 Å². The van der Waals surface area contributed by atoms with Gasteiger partial charge < -0.3 is 9.47 Å². The van der Waals surface area contributed by atoms with Gasteiger partial charge in [0.05, 0.1) is 4.90 Å². The molecule has 4 rings (SSSR count). The summed E-state index contributed by atoms with van der Waals surface area (Å²) in [6.45, 7) is 0.0418. The van der Waals surface area contributed by atoms with Crippen LogP contribution in [-0.4, -0.2) is 15.2 Å². The summed E-state index contributed by atoms with van der Waals surface area (Å²) in [5, 5.41) is 5.13. The average molecular weight is 389 g/mol. The number of fused-ring (bicyclic) bond motifs is 1. The molecular weight excluding hydrogens is 376 g/mol. The molecule has 8 heteroatoms. The van der Waals surface area contributed by atoms with Crippen molar-refractivity contribution in [2.75, 3.05) is 6.79 Å². The molecule has 1 heterocycles. The highest BCUT2D eigenvalue weighted by molar-refractivity contribution is 7.89. The third-order valence-corrected chi connectivity index (χ3v) is 5.11. The fourth-order valence-electron chi connectivity index (χ4n) is 2.95. The van der Waals surface area contributed by atoms with Crippen molar-refractivity contribution in [2.45, 2.75) is 4.90 Å². The van der Waals surface area contributed by atoms with E-state index in [4.69, 9.17) is 14.6 Å². The van der Waals surface area contributed by atoms with Crippen molar-refractivity contribution in [1.82, 2.24) is 0 Å². The van der Waals surface area contributed by atoms with Crippen molar-refractivity contribution in [3.8, 4) is 33.8 Å². The summed E-state index contributed by atoms with van der Waals surface area (Å²) in [6, 6.07) is 12.4. The third-order valence-electron chi connectivity index (χ3n) is 4.18. The maximum Gasteiger partial charge on any atom is 0.238 e. The zero-order valence-corrected chi connectivity index (χ0v) is 14.6. The highest BCUT2D eigenvalue weighted by Crippen LogP contribution is 2.43. The van der Waals surface area contributed by atoms with Crippen LogP contribution in [0.1, 0.15) is 0 Å². The minimum absolute atomic E-state index is 0.0367. The number of hydrogen-bond donors (Lipinski definition) is 1. The van der Waals surface area contributed by atoms with Crippen LogP contribution >= 0.6 is 0 Å².